The monoisotopic (exact) mass is 276 g/mol. The van der Waals surface area contributed by atoms with Crippen molar-refractivity contribution in [2.45, 2.75) is 25.1 Å². The summed E-state index contributed by atoms with van der Waals surface area (Å²) in [6, 6.07) is 0. The highest BCUT2D eigenvalue weighted by molar-refractivity contribution is 4.97. The van der Waals surface area contributed by atoms with Gasteiger partial charge in [0.2, 0.25) is 0 Å². The maximum atomic E-state index is 12.4. The molecule has 1 unspecified atom stereocenters. The molecule has 4 nitrogen and oxygen atoms in total. The Hall–Kier alpha value is -0.700. The fourth-order valence-corrected chi connectivity index (χ4v) is 0.874. The second kappa shape index (κ2) is 8.41. The van der Waals surface area contributed by atoms with Gasteiger partial charge in [-0.05, 0) is 0 Å². The molecule has 18 heavy (non-hydrogen) atoms. The molecule has 0 amide bonds. The second-order valence-corrected chi connectivity index (χ2v) is 3.47. The molecule has 0 radical (unpaired) electrons. The van der Waals surface area contributed by atoms with Gasteiger partial charge in [-0.1, -0.05) is 6.58 Å². The molecule has 0 aromatic rings. The Kier molecular flexibility index (Phi) is 8.08. The molecule has 0 aromatic heterocycles. The van der Waals surface area contributed by atoms with Crippen molar-refractivity contribution >= 4 is 0 Å². The SMILES string of the molecule is C=C(COCCC(F)(F)C(F)F)C(O)OCCO. The molecule has 0 aliphatic heterocycles. The van der Waals surface area contributed by atoms with E-state index in [1.165, 1.54) is 0 Å². The fourth-order valence-electron chi connectivity index (χ4n) is 0.874. The van der Waals surface area contributed by atoms with Crippen molar-refractivity contribution in [2.75, 3.05) is 26.4 Å². The van der Waals surface area contributed by atoms with Gasteiger partial charge >= 0.3 is 12.3 Å². The van der Waals surface area contributed by atoms with Crippen LogP contribution in [0.25, 0.3) is 0 Å². The van der Waals surface area contributed by atoms with Crippen LogP contribution in [0.2, 0.25) is 0 Å². The van der Waals surface area contributed by atoms with Crippen LogP contribution in [0.15, 0.2) is 12.2 Å². The van der Waals surface area contributed by atoms with Crippen LogP contribution in [-0.4, -0.2) is 55.3 Å². The Morgan fingerprint density at radius 2 is 1.89 bits per heavy atom. The Bertz CT molecular complexity index is 248. The van der Waals surface area contributed by atoms with Gasteiger partial charge in [0.1, 0.15) is 0 Å². The molecular weight excluding hydrogens is 260 g/mol. The van der Waals surface area contributed by atoms with Crippen molar-refractivity contribution in [3.05, 3.63) is 12.2 Å². The number of rotatable bonds is 10. The van der Waals surface area contributed by atoms with E-state index in [1.54, 1.807) is 0 Å². The molecule has 0 bridgehead atoms. The number of hydrogen-bond donors (Lipinski definition) is 2. The van der Waals surface area contributed by atoms with Gasteiger partial charge in [-0.2, -0.15) is 0 Å². The first-order valence-corrected chi connectivity index (χ1v) is 5.13. The lowest BCUT2D eigenvalue weighted by Crippen LogP contribution is -2.28. The van der Waals surface area contributed by atoms with Crippen molar-refractivity contribution in [3.63, 3.8) is 0 Å². The first-order chi connectivity index (χ1) is 8.31. The largest absolute Gasteiger partial charge is 0.394 e. The standard InChI is InChI=1S/C10H16F4O4/c1-7(8(16)18-5-3-15)6-17-4-2-10(13,14)9(11)12/h8-9,15-16H,1-6H2. The molecular formula is C10H16F4O4. The van der Waals surface area contributed by atoms with Crippen LogP contribution in [0.3, 0.4) is 0 Å². The van der Waals surface area contributed by atoms with Crippen molar-refractivity contribution in [1.82, 2.24) is 0 Å². The van der Waals surface area contributed by atoms with E-state index in [2.05, 4.69) is 16.1 Å². The van der Waals surface area contributed by atoms with Gasteiger partial charge in [-0.3, -0.25) is 0 Å². The molecule has 0 saturated heterocycles. The molecule has 108 valence electrons. The Morgan fingerprint density at radius 1 is 1.28 bits per heavy atom. The van der Waals surface area contributed by atoms with E-state index in [0.29, 0.717) is 0 Å². The van der Waals surface area contributed by atoms with Crippen molar-refractivity contribution in [3.8, 4) is 0 Å². The number of aliphatic hydroxyl groups excluding tert-OH is 2. The summed E-state index contributed by atoms with van der Waals surface area (Å²) in [7, 11) is 0. The van der Waals surface area contributed by atoms with Gasteiger partial charge in [-0.25, -0.2) is 17.6 Å². The zero-order chi connectivity index (χ0) is 14.2. The van der Waals surface area contributed by atoms with E-state index < -0.39 is 31.7 Å². The summed E-state index contributed by atoms with van der Waals surface area (Å²) < 4.78 is 57.7. The first kappa shape index (κ1) is 17.3. The van der Waals surface area contributed by atoms with E-state index >= 15 is 0 Å². The molecule has 1 atom stereocenters. The summed E-state index contributed by atoms with van der Waals surface area (Å²) in [4.78, 5) is 0. The van der Waals surface area contributed by atoms with Crippen LogP contribution in [0, 0.1) is 0 Å². The zero-order valence-corrected chi connectivity index (χ0v) is 9.62. The number of aliphatic hydroxyl groups is 2. The van der Waals surface area contributed by atoms with Gasteiger partial charge in [-0.15, -0.1) is 0 Å². The minimum Gasteiger partial charge on any atom is -0.394 e. The van der Waals surface area contributed by atoms with Gasteiger partial charge < -0.3 is 19.7 Å². The van der Waals surface area contributed by atoms with Crippen molar-refractivity contribution in [1.29, 1.82) is 0 Å². The average molecular weight is 276 g/mol. The summed E-state index contributed by atoms with van der Waals surface area (Å²) in [5.41, 5.74) is 0.0452. The molecule has 0 heterocycles. The predicted octanol–water partition coefficient (Wildman–Crippen LogP) is 1.18. The number of halogens is 4. The fraction of sp³-hybridized carbons (Fsp3) is 0.800. The zero-order valence-electron chi connectivity index (χ0n) is 9.62. The quantitative estimate of drug-likeness (QED) is 0.272. The highest BCUT2D eigenvalue weighted by atomic mass is 19.3. The maximum absolute atomic E-state index is 12.4. The molecule has 0 spiro atoms. The molecule has 0 aliphatic rings. The summed E-state index contributed by atoms with van der Waals surface area (Å²) in [6.45, 7) is 2.04. The average Bonchev–Trinajstić information content (AvgIpc) is 2.31. The van der Waals surface area contributed by atoms with E-state index in [1.807, 2.05) is 0 Å². The second-order valence-electron chi connectivity index (χ2n) is 3.47. The van der Waals surface area contributed by atoms with Crippen molar-refractivity contribution in [2.24, 2.45) is 0 Å². The molecule has 8 heteroatoms. The molecule has 0 fully saturated rings. The van der Waals surface area contributed by atoms with Crippen LogP contribution in [0.4, 0.5) is 17.6 Å². The lowest BCUT2D eigenvalue weighted by Gasteiger charge is -2.17. The maximum Gasteiger partial charge on any atom is 0.309 e. The van der Waals surface area contributed by atoms with Crippen molar-refractivity contribution < 1.29 is 37.2 Å². The van der Waals surface area contributed by atoms with Gasteiger partial charge in [0, 0.05) is 12.0 Å². The smallest absolute Gasteiger partial charge is 0.309 e. The summed E-state index contributed by atoms with van der Waals surface area (Å²) in [5.74, 6) is -4.09. The Balaban J connectivity index is 3.75. The minimum absolute atomic E-state index is 0.0452. The topological polar surface area (TPSA) is 58.9 Å². The predicted molar refractivity (Wildman–Crippen MR) is 54.6 cm³/mol. The van der Waals surface area contributed by atoms with Crippen LogP contribution >= 0.6 is 0 Å². The van der Waals surface area contributed by atoms with Crippen LogP contribution in [0.1, 0.15) is 6.42 Å². The normalized spacial score (nSPS) is 13.9. The Morgan fingerprint density at radius 3 is 2.39 bits per heavy atom. The third-order valence-electron chi connectivity index (χ3n) is 1.90. The summed E-state index contributed by atoms with van der Waals surface area (Å²) in [5, 5.41) is 17.6. The van der Waals surface area contributed by atoms with Crippen LogP contribution in [0.5, 0.6) is 0 Å². The molecule has 2 N–H and O–H groups in total. The van der Waals surface area contributed by atoms with Crippen LogP contribution < -0.4 is 0 Å². The van der Waals surface area contributed by atoms with E-state index in [0.717, 1.165) is 0 Å². The van der Waals surface area contributed by atoms with E-state index in [9.17, 15) is 22.7 Å². The third-order valence-corrected chi connectivity index (χ3v) is 1.90. The number of ether oxygens (including phenoxy) is 2. The van der Waals surface area contributed by atoms with Gasteiger partial charge in [0.15, 0.2) is 6.29 Å². The van der Waals surface area contributed by atoms with Gasteiger partial charge in [0.05, 0.1) is 26.4 Å². The first-order valence-electron chi connectivity index (χ1n) is 5.13. The highest BCUT2D eigenvalue weighted by Gasteiger charge is 2.39. The molecule has 0 aliphatic carbocycles. The third kappa shape index (κ3) is 6.90. The van der Waals surface area contributed by atoms with Gasteiger partial charge in [0.25, 0.3) is 0 Å². The van der Waals surface area contributed by atoms with E-state index in [-0.39, 0.29) is 25.4 Å². The number of hydrogen-bond acceptors (Lipinski definition) is 4. The Labute approximate surface area is 102 Å². The lowest BCUT2D eigenvalue weighted by molar-refractivity contribution is -0.142. The van der Waals surface area contributed by atoms with Crippen LogP contribution in [-0.2, 0) is 9.47 Å². The molecule has 0 aromatic carbocycles. The minimum atomic E-state index is -4.09. The lowest BCUT2D eigenvalue weighted by atomic mass is 10.2. The summed E-state index contributed by atoms with van der Waals surface area (Å²) in [6.07, 6.45) is -6.25. The molecule has 0 saturated carbocycles. The summed E-state index contributed by atoms with van der Waals surface area (Å²) >= 11 is 0. The molecule has 0 rings (SSSR count). The number of alkyl halides is 4. The highest BCUT2D eigenvalue weighted by Crippen LogP contribution is 2.26. The van der Waals surface area contributed by atoms with E-state index in [4.69, 9.17) is 5.11 Å².